The standard InChI is InChI=1S/C15H28O2/c1-7-9-12-16-15(5,6)11-13-17-14(3,4)10-8-2/h7-8H,1-2,9-13H2,3-6H3. The van der Waals surface area contributed by atoms with Crippen LogP contribution < -0.4 is 0 Å². The van der Waals surface area contributed by atoms with Gasteiger partial charge in [0, 0.05) is 0 Å². The lowest BCUT2D eigenvalue weighted by Crippen LogP contribution is -2.30. The van der Waals surface area contributed by atoms with Crippen LogP contribution in [-0.2, 0) is 9.47 Å². The summed E-state index contributed by atoms with van der Waals surface area (Å²) in [5, 5.41) is 0. The molecule has 2 heteroatoms. The van der Waals surface area contributed by atoms with Gasteiger partial charge in [0.2, 0.25) is 0 Å². The maximum absolute atomic E-state index is 5.84. The van der Waals surface area contributed by atoms with E-state index in [9.17, 15) is 0 Å². The first kappa shape index (κ1) is 16.4. The molecule has 0 atom stereocenters. The van der Waals surface area contributed by atoms with Crippen LogP contribution in [0.25, 0.3) is 0 Å². The minimum atomic E-state index is -0.132. The molecule has 0 spiro atoms. The summed E-state index contributed by atoms with van der Waals surface area (Å²) < 4.78 is 11.6. The predicted octanol–water partition coefficient (Wildman–Crippen LogP) is 4.12. The molecule has 0 aromatic carbocycles. The van der Waals surface area contributed by atoms with Crippen LogP contribution in [0.2, 0.25) is 0 Å². The number of ether oxygens (including phenoxy) is 2. The van der Waals surface area contributed by atoms with E-state index in [4.69, 9.17) is 9.47 Å². The molecule has 0 amide bonds. The second-order valence-electron chi connectivity index (χ2n) is 5.54. The molecule has 0 aromatic heterocycles. The molecular formula is C15H28O2. The second-order valence-corrected chi connectivity index (χ2v) is 5.54. The zero-order valence-corrected chi connectivity index (χ0v) is 11.9. The van der Waals surface area contributed by atoms with E-state index in [2.05, 4.69) is 40.9 Å². The Labute approximate surface area is 107 Å². The number of hydrogen-bond acceptors (Lipinski definition) is 2. The third-order valence-corrected chi connectivity index (χ3v) is 2.65. The van der Waals surface area contributed by atoms with Crippen LogP contribution in [0.3, 0.4) is 0 Å². The highest BCUT2D eigenvalue weighted by molar-refractivity contribution is 4.81. The maximum atomic E-state index is 5.84. The molecule has 0 aliphatic rings. The minimum absolute atomic E-state index is 0.126. The summed E-state index contributed by atoms with van der Waals surface area (Å²) in [6.45, 7) is 17.2. The summed E-state index contributed by atoms with van der Waals surface area (Å²) in [5.74, 6) is 0. The van der Waals surface area contributed by atoms with Gasteiger partial charge in [-0.1, -0.05) is 12.2 Å². The van der Waals surface area contributed by atoms with Crippen LogP contribution in [0.5, 0.6) is 0 Å². The first-order valence-corrected chi connectivity index (χ1v) is 6.33. The molecule has 0 bridgehead atoms. The average molecular weight is 240 g/mol. The van der Waals surface area contributed by atoms with Crippen molar-refractivity contribution in [1.82, 2.24) is 0 Å². The van der Waals surface area contributed by atoms with Gasteiger partial charge in [-0.15, -0.1) is 13.2 Å². The Morgan fingerprint density at radius 1 is 0.882 bits per heavy atom. The van der Waals surface area contributed by atoms with Gasteiger partial charge in [0.15, 0.2) is 0 Å². The molecular weight excluding hydrogens is 212 g/mol. The topological polar surface area (TPSA) is 18.5 Å². The first-order chi connectivity index (χ1) is 7.83. The fourth-order valence-electron chi connectivity index (χ4n) is 1.47. The molecule has 0 radical (unpaired) electrons. The SMILES string of the molecule is C=CCCOC(C)(C)CCOC(C)(C)CC=C. The van der Waals surface area contributed by atoms with Gasteiger partial charge in [0.1, 0.15) is 0 Å². The van der Waals surface area contributed by atoms with E-state index < -0.39 is 0 Å². The highest BCUT2D eigenvalue weighted by Gasteiger charge is 2.21. The van der Waals surface area contributed by atoms with Gasteiger partial charge >= 0.3 is 0 Å². The van der Waals surface area contributed by atoms with Crippen molar-refractivity contribution in [1.29, 1.82) is 0 Å². The van der Waals surface area contributed by atoms with Crippen molar-refractivity contribution >= 4 is 0 Å². The van der Waals surface area contributed by atoms with E-state index in [1.165, 1.54) is 0 Å². The van der Waals surface area contributed by atoms with E-state index in [0.29, 0.717) is 6.61 Å². The predicted molar refractivity (Wildman–Crippen MR) is 74.3 cm³/mol. The molecule has 2 nitrogen and oxygen atoms in total. The number of hydrogen-bond donors (Lipinski definition) is 0. The third kappa shape index (κ3) is 9.13. The van der Waals surface area contributed by atoms with Gasteiger partial charge in [-0.2, -0.15) is 0 Å². The molecule has 0 saturated carbocycles. The molecule has 0 aliphatic heterocycles. The Hall–Kier alpha value is -0.600. The fourth-order valence-corrected chi connectivity index (χ4v) is 1.47. The third-order valence-electron chi connectivity index (χ3n) is 2.65. The van der Waals surface area contributed by atoms with Crippen LogP contribution in [0.15, 0.2) is 25.3 Å². The van der Waals surface area contributed by atoms with Crippen molar-refractivity contribution < 1.29 is 9.47 Å². The summed E-state index contributed by atoms with van der Waals surface area (Å²) >= 11 is 0. The first-order valence-electron chi connectivity index (χ1n) is 6.33. The normalized spacial score (nSPS) is 12.5. The largest absolute Gasteiger partial charge is 0.375 e. The summed E-state index contributed by atoms with van der Waals surface area (Å²) in [7, 11) is 0. The van der Waals surface area contributed by atoms with Crippen molar-refractivity contribution in [3.05, 3.63) is 25.3 Å². The zero-order valence-electron chi connectivity index (χ0n) is 11.9. The van der Waals surface area contributed by atoms with Gasteiger partial charge in [0.05, 0.1) is 24.4 Å². The van der Waals surface area contributed by atoms with Gasteiger partial charge < -0.3 is 9.47 Å². The molecule has 0 unspecified atom stereocenters. The molecule has 0 N–H and O–H groups in total. The Morgan fingerprint density at radius 3 is 2.00 bits per heavy atom. The van der Waals surface area contributed by atoms with Crippen LogP contribution >= 0.6 is 0 Å². The van der Waals surface area contributed by atoms with Crippen LogP contribution in [0.4, 0.5) is 0 Å². The van der Waals surface area contributed by atoms with E-state index in [1.54, 1.807) is 0 Å². The summed E-state index contributed by atoms with van der Waals surface area (Å²) in [5.41, 5.74) is -0.258. The van der Waals surface area contributed by atoms with E-state index in [0.717, 1.165) is 25.9 Å². The molecule has 100 valence electrons. The molecule has 0 saturated heterocycles. The van der Waals surface area contributed by atoms with Gasteiger partial charge in [-0.05, 0) is 47.0 Å². The Balaban J connectivity index is 3.84. The lowest BCUT2D eigenvalue weighted by atomic mass is 10.0. The highest BCUT2D eigenvalue weighted by Crippen LogP contribution is 2.19. The Morgan fingerprint density at radius 2 is 1.47 bits per heavy atom. The monoisotopic (exact) mass is 240 g/mol. The minimum Gasteiger partial charge on any atom is -0.375 e. The highest BCUT2D eigenvalue weighted by atomic mass is 16.5. The molecule has 17 heavy (non-hydrogen) atoms. The van der Waals surface area contributed by atoms with Crippen molar-refractivity contribution in [2.75, 3.05) is 13.2 Å². The van der Waals surface area contributed by atoms with Gasteiger partial charge in [-0.3, -0.25) is 0 Å². The zero-order chi connectivity index (χ0) is 13.4. The Bertz CT molecular complexity index is 229. The number of rotatable bonds is 10. The van der Waals surface area contributed by atoms with Crippen molar-refractivity contribution in [3.63, 3.8) is 0 Å². The van der Waals surface area contributed by atoms with Crippen LogP contribution in [0, 0.1) is 0 Å². The molecule has 0 aliphatic carbocycles. The molecule has 0 aromatic rings. The molecule has 0 fully saturated rings. The van der Waals surface area contributed by atoms with Gasteiger partial charge in [0.25, 0.3) is 0 Å². The quantitative estimate of drug-likeness (QED) is 0.422. The lowest BCUT2D eigenvalue weighted by molar-refractivity contribution is -0.0698. The van der Waals surface area contributed by atoms with Crippen molar-refractivity contribution in [2.45, 2.75) is 58.2 Å². The maximum Gasteiger partial charge on any atom is 0.0660 e. The molecule has 0 rings (SSSR count). The molecule has 0 heterocycles. The summed E-state index contributed by atoms with van der Waals surface area (Å²) in [6.07, 6.45) is 6.42. The average Bonchev–Trinajstić information content (AvgIpc) is 2.16. The van der Waals surface area contributed by atoms with Gasteiger partial charge in [-0.25, -0.2) is 0 Å². The van der Waals surface area contributed by atoms with E-state index in [-0.39, 0.29) is 11.2 Å². The van der Waals surface area contributed by atoms with Crippen LogP contribution in [-0.4, -0.2) is 24.4 Å². The summed E-state index contributed by atoms with van der Waals surface area (Å²) in [6, 6.07) is 0. The van der Waals surface area contributed by atoms with Crippen molar-refractivity contribution in [2.24, 2.45) is 0 Å². The van der Waals surface area contributed by atoms with Crippen molar-refractivity contribution in [3.8, 4) is 0 Å². The Kier molecular flexibility index (Phi) is 7.40. The van der Waals surface area contributed by atoms with E-state index >= 15 is 0 Å². The lowest BCUT2D eigenvalue weighted by Gasteiger charge is -2.29. The second kappa shape index (κ2) is 7.67. The fraction of sp³-hybridized carbons (Fsp3) is 0.733. The van der Waals surface area contributed by atoms with E-state index in [1.807, 2.05) is 12.2 Å². The summed E-state index contributed by atoms with van der Waals surface area (Å²) in [4.78, 5) is 0. The van der Waals surface area contributed by atoms with Crippen LogP contribution in [0.1, 0.15) is 47.0 Å². The smallest absolute Gasteiger partial charge is 0.0660 e.